The van der Waals surface area contributed by atoms with Gasteiger partial charge in [0.05, 0.1) is 17.6 Å². The van der Waals surface area contributed by atoms with Crippen molar-refractivity contribution in [2.75, 3.05) is 25.4 Å². The molecule has 5 nitrogen and oxygen atoms in total. The zero-order valence-electron chi connectivity index (χ0n) is 12.2. The largest absolute Gasteiger partial charge is 0.399 e. The van der Waals surface area contributed by atoms with E-state index < -0.39 is 10.0 Å². The van der Waals surface area contributed by atoms with Crippen LogP contribution in [-0.2, 0) is 14.8 Å². The van der Waals surface area contributed by atoms with Crippen molar-refractivity contribution in [1.29, 1.82) is 0 Å². The summed E-state index contributed by atoms with van der Waals surface area (Å²) < 4.78 is 32.7. The second-order valence-electron chi connectivity index (χ2n) is 5.25. The van der Waals surface area contributed by atoms with E-state index in [1.165, 1.54) is 4.31 Å². The van der Waals surface area contributed by atoms with Crippen LogP contribution in [0, 0.1) is 13.8 Å². The van der Waals surface area contributed by atoms with Crippen molar-refractivity contribution in [3.8, 4) is 0 Å². The van der Waals surface area contributed by atoms with E-state index in [0.717, 1.165) is 6.42 Å². The Bertz CT molecular complexity index is 575. The van der Waals surface area contributed by atoms with Crippen LogP contribution in [0.3, 0.4) is 0 Å². The topological polar surface area (TPSA) is 72.6 Å². The molecule has 2 rings (SSSR count). The Kier molecular flexibility index (Phi) is 4.36. The normalized spacial score (nSPS) is 21.1. The van der Waals surface area contributed by atoms with E-state index in [-0.39, 0.29) is 6.10 Å². The Morgan fingerprint density at radius 2 is 1.95 bits per heavy atom. The van der Waals surface area contributed by atoms with Crippen molar-refractivity contribution in [3.63, 3.8) is 0 Å². The van der Waals surface area contributed by atoms with Crippen LogP contribution in [0.15, 0.2) is 17.0 Å². The van der Waals surface area contributed by atoms with Gasteiger partial charge in [0.15, 0.2) is 0 Å². The van der Waals surface area contributed by atoms with E-state index in [1.807, 2.05) is 6.92 Å². The van der Waals surface area contributed by atoms with Gasteiger partial charge >= 0.3 is 0 Å². The fourth-order valence-corrected chi connectivity index (χ4v) is 4.54. The summed E-state index contributed by atoms with van der Waals surface area (Å²) in [4.78, 5) is 0.378. The molecule has 0 radical (unpaired) electrons. The molecule has 0 amide bonds. The quantitative estimate of drug-likeness (QED) is 0.862. The van der Waals surface area contributed by atoms with E-state index in [9.17, 15) is 8.42 Å². The molecule has 1 unspecified atom stereocenters. The standard InChI is InChI=1S/C14H22N2O3S/c1-4-13-9-16(5-6-19-13)20(17,18)14-10(2)7-12(15)8-11(14)3/h7-8,13H,4-6,9,15H2,1-3H3. The van der Waals surface area contributed by atoms with Crippen LogP contribution < -0.4 is 5.73 Å². The highest BCUT2D eigenvalue weighted by Crippen LogP contribution is 2.27. The van der Waals surface area contributed by atoms with Gasteiger partial charge in [-0.3, -0.25) is 0 Å². The maximum atomic E-state index is 12.8. The molecular weight excluding hydrogens is 276 g/mol. The van der Waals surface area contributed by atoms with Crippen LogP contribution in [0.25, 0.3) is 0 Å². The molecule has 2 N–H and O–H groups in total. The van der Waals surface area contributed by atoms with Crippen LogP contribution >= 0.6 is 0 Å². The molecule has 20 heavy (non-hydrogen) atoms. The molecule has 1 fully saturated rings. The molecule has 1 atom stereocenters. The predicted molar refractivity (Wildman–Crippen MR) is 79.1 cm³/mol. The Morgan fingerprint density at radius 1 is 1.35 bits per heavy atom. The monoisotopic (exact) mass is 298 g/mol. The number of benzene rings is 1. The summed E-state index contributed by atoms with van der Waals surface area (Å²) in [6.07, 6.45) is 0.791. The van der Waals surface area contributed by atoms with E-state index in [1.54, 1.807) is 26.0 Å². The van der Waals surface area contributed by atoms with E-state index >= 15 is 0 Å². The molecule has 6 heteroatoms. The molecule has 1 heterocycles. The maximum absolute atomic E-state index is 12.8. The summed E-state index contributed by atoms with van der Waals surface area (Å²) >= 11 is 0. The minimum atomic E-state index is -3.49. The smallest absolute Gasteiger partial charge is 0.243 e. The number of hydrogen-bond acceptors (Lipinski definition) is 4. The molecule has 0 bridgehead atoms. The third-order valence-electron chi connectivity index (χ3n) is 3.64. The Balaban J connectivity index is 2.40. The second kappa shape index (κ2) is 5.71. The van der Waals surface area contributed by atoms with Gasteiger partial charge in [-0.2, -0.15) is 4.31 Å². The van der Waals surface area contributed by atoms with E-state index in [2.05, 4.69) is 0 Å². The van der Waals surface area contributed by atoms with Crippen molar-refractivity contribution in [3.05, 3.63) is 23.3 Å². The number of morpholine rings is 1. The first-order chi connectivity index (χ1) is 9.36. The number of ether oxygens (including phenoxy) is 1. The van der Waals surface area contributed by atoms with Crippen molar-refractivity contribution in [1.82, 2.24) is 4.31 Å². The first kappa shape index (κ1) is 15.3. The number of aryl methyl sites for hydroxylation is 2. The minimum absolute atomic E-state index is 0.0204. The average molecular weight is 298 g/mol. The third-order valence-corrected chi connectivity index (χ3v) is 5.81. The summed E-state index contributed by atoms with van der Waals surface area (Å²) in [6, 6.07) is 3.41. The number of rotatable bonds is 3. The molecule has 0 spiro atoms. The molecule has 0 aliphatic carbocycles. The van der Waals surface area contributed by atoms with Crippen molar-refractivity contribution in [2.24, 2.45) is 0 Å². The number of nitrogens with zero attached hydrogens (tertiary/aromatic N) is 1. The maximum Gasteiger partial charge on any atom is 0.243 e. The summed E-state index contributed by atoms with van der Waals surface area (Å²) in [5.41, 5.74) is 7.75. The Morgan fingerprint density at radius 3 is 2.50 bits per heavy atom. The number of nitrogens with two attached hydrogens (primary N) is 1. The van der Waals surface area contributed by atoms with Gasteiger partial charge in [-0.05, 0) is 43.5 Å². The summed E-state index contributed by atoms with van der Waals surface area (Å²) in [5, 5.41) is 0. The molecule has 1 aliphatic rings. The van der Waals surface area contributed by atoms with Crippen LogP contribution in [-0.4, -0.2) is 38.5 Å². The van der Waals surface area contributed by atoms with E-state index in [4.69, 9.17) is 10.5 Å². The van der Waals surface area contributed by atoms with Crippen LogP contribution in [0.5, 0.6) is 0 Å². The van der Waals surface area contributed by atoms with Crippen LogP contribution in [0.1, 0.15) is 24.5 Å². The molecule has 112 valence electrons. The Hall–Kier alpha value is -1.11. The fourth-order valence-electron chi connectivity index (χ4n) is 2.68. The molecular formula is C14H22N2O3S. The van der Waals surface area contributed by atoms with Gasteiger partial charge in [-0.15, -0.1) is 0 Å². The van der Waals surface area contributed by atoms with Crippen molar-refractivity contribution < 1.29 is 13.2 Å². The van der Waals surface area contributed by atoms with E-state index in [0.29, 0.717) is 41.4 Å². The van der Waals surface area contributed by atoms with Crippen molar-refractivity contribution >= 4 is 15.7 Å². The lowest BCUT2D eigenvalue weighted by Crippen LogP contribution is -2.45. The highest BCUT2D eigenvalue weighted by Gasteiger charge is 2.32. The lowest BCUT2D eigenvalue weighted by atomic mass is 10.1. The second-order valence-corrected chi connectivity index (χ2v) is 7.12. The summed E-state index contributed by atoms with van der Waals surface area (Å²) in [5.74, 6) is 0. The van der Waals surface area contributed by atoms with Crippen LogP contribution in [0.2, 0.25) is 0 Å². The predicted octanol–water partition coefficient (Wildman–Crippen LogP) is 1.69. The molecule has 1 aromatic rings. The summed E-state index contributed by atoms with van der Waals surface area (Å²) in [6.45, 7) is 6.84. The first-order valence-electron chi connectivity index (χ1n) is 6.84. The number of anilines is 1. The van der Waals surface area contributed by atoms with Crippen molar-refractivity contribution in [2.45, 2.75) is 38.2 Å². The van der Waals surface area contributed by atoms with Gasteiger partial charge in [0.2, 0.25) is 10.0 Å². The fraction of sp³-hybridized carbons (Fsp3) is 0.571. The third kappa shape index (κ3) is 2.82. The average Bonchev–Trinajstić information content (AvgIpc) is 2.37. The van der Waals surface area contributed by atoms with Gasteiger partial charge < -0.3 is 10.5 Å². The van der Waals surface area contributed by atoms with Gasteiger partial charge in [0.25, 0.3) is 0 Å². The molecule has 1 aliphatic heterocycles. The highest BCUT2D eigenvalue weighted by molar-refractivity contribution is 7.89. The lowest BCUT2D eigenvalue weighted by molar-refractivity contribution is -0.00279. The zero-order chi connectivity index (χ0) is 14.9. The van der Waals surface area contributed by atoms with Gasteiger partial charge in [-0.1, -0.05) is 6.92 Å². The number of hydrogen-bond donors (Lipinski definition) is 1. The summed E-state index contributed by atoms with van der Waals surface area (Å²) in [7, 11) is -3.49. The van der Waals surface area contributed by atoms with Gasteiger partial charge in [-0.25, -0.2) is 8.42 Å². The van der Waals surface area contributed by atoms with Gasteiger partial charge in [0, 0.05) is 18.8 Å². The lowest BCUT2D eigenvalue weighted by Gasteiger charge is -2.32. The molecule has 0 saturated carbocycles. The molecule has 1 saturated heterocycles. The highest BCUT2D eigenvalue weighted by atomic mass is 32.2. The number of sulfonamides is 1. The molecule has 0 aromatic heterocycles. The zero-order valence-corrected chi connectivity index (χ0v) is 13.0. The molecule has 1 aromatic carbocycles. The Labute approximate surface area is 120 Å². The minimum Gasteiger partial charge on any atom is -0.399 e. The SMILES string of the molecule is CCC1CN(S(=O)(=O)c2c(C)cc(N)cc2C)CCO1. The number of nitrogen functional groups attached to an aromatic ring is 1. The first-order valence-corrected chi connectivity index (χ1v) is 8.28. The van der Waals surface area contributed by atoms with Crippen LogP contribution in [0.4, 0.5) is 5.69 Å². The van der Waals surface area contributed by atoms with Gasteiger partial charge in [0.1, 0.15) is 0 Å².